The molecule has 0 amide bonds. The molecule has 288 valence electrons. The van der Waals surface area contributed by atoms with Crippen LogP contribution < -0.4 is 9.80 Å². The molecule has 0 aliphatic heterocycles. The predicted octanol–water partition coefficient (Wildman–Crippen LogP) is 14.9. The maximum atomic E-state index is 6.53. The van der Waals surface area contributed by atoms with Crippen LogP contribution >= 0.6 is 0 Å². The highest BCUT2D eigenvalue weighted by Crippen LogP contribution is 2.69. The Balaban J connectivity index is 1.01. The van der Waals surface area contributed by atoms with Gasteiger partial charge >= 0.3 is 0 Å². The van der Waals surface area contributed by atoms with Crippen LogP contribution in [0.5, 0.6) is 0 Å². The van der Waals surface area contributed by atoms with Crippen LogP contribution in [0.2, 0.25) is 0 Å². The molecule has 0 N–H and O–H groups in total. The Morgan fingerprint density at radius 3 is 1.66 bits per heavy atom. The largest absolute Gasteiger partial charge is 0.456 e. The lowest BCUT2D eigenvalue weighted by Crippen LogP contribution is -2.34. The molecule has 6 atom stereocenters. The third-order valence-electron chi connectivity index (χ3n) is 15.6. The Morgan fingerprint density at radius 2 is 1.03 bits per heavy atom. The van der Waals surface area contributed by atoms with Crippen molar-refractivity contribution in [1.82, 2.24) is 0 Å². The number of hydrogen-bond donors (Lipinski definition) is 0. The Kier molecular flexibility index (Phi) is 7.44. The van der Waals surface area contributed by atoms with Crippen molar-refractivity contribution in [1.29, 1.82) is 0 Å². The first-order valence-corrected chi connectivity index (χ1v) is 22.2. The quantitative estimate of drug-likeness (QED) is 0.161. The summed E-state index contributed by atoms with van der Waals surface area (Å²) in [5.41, 5.74) is 16.8. The second-order valence-corrected chi connectivity index (χ2v) is 18.4. The Labute approximate surface area is 346 Å². The van der Waals surface area contributed by atoms with E-state index in [4.69, 9.17) is 4.42 Å². The molecular formula is C56H48N2O. The number of furan rings is 1. The molecule has 3 heteroatoms. The van der Waals surface area contributed by atoms with Crippen molar-refractivity contribution in [2.75, 3.05) is 9.80 Å². The molecule has 0 saturated heterocycles. The lowest BCUT2D eigenvalue weighted by Gasteiger charge is -2.40. The molecule has 7 aromatic carbocycles. The monoisotopic (exact) mass is 764 g/mol. The fraction of sp³-hybridized carbons (Fsp3) is 0.250. The summed E-state index contributed by atoms with van der Waals surface area (Å²) in [5.74, 6) is 3.62. The van der Waals surface area contributed by atoms with Crippen LogP contribution in [0.15, 0.2) is 168 Å². The van der Waals surface area contributed by atoms with Crippen LogP contribution in [0.25, 0.3) is 21.9 Å². The molecule has 8 aromatic rings. The zero-order chi connectivity index (χ0) is 38.7. The number of nitrogens with zero attached hydrogens (tertiary/aromatic N) is 2. The molecule has 3 fully saturated rings. The molecule has 2 bridgehead atoms. The van der Waals surface area contributed by atoms with Gasteiger partial charge in [-0.15, -0.1) is 0 Å². The van der Waals surface area contributed by atoms with Crippen LogP contribution in [0.1, 0.15) is 72.3 Å². The average molecular weight is 765 g/mol. The van der Waals surface area contributed by atoms with Gasteiger partial charge in [-0.25, -0.2) is 0 Å². The van der Waals surface area contributed by atoms with Gasteiger partial charge in [0.2, 0.25) is 0 Å². The summed E-state index contributed by atoms with van der Waals surface area (Å²) >= 11 is 0. The highest BCUT2D eigenvalue weighted by Gasteiger charge is 2.62. The zero-order valence-electron chi connectivity index (χ0n) is 33.4. The minimum Gasteiger partial charge on any atom is -0.456 e. The molecule has 0 radical (unpaired) electrons. The standard InChI is InChI=1S/C56H48N2O/c1-3-13-43(14-4-1)57(45-27-23-37(24-28-45)49-32-36-21-22-38(49)31-36)50-18-9-11-39-33-41-25-26-42-34-40-12-10-19-51(55(40)56(41,42)54(39)50)58(44-15-5-2-6-16-44)46-29-30-48-47-17-7-8-20-52(47)59-53(48)35-46/h1-20,23-24,27-30,35-36,38,41-42,49H,21-22,25-26,31-34H2. The lowest BCUT2D eigenvalue weighted by atomic mass is 9.68. The zero-order valence-corrected chi connectivity index (χ0v) is 33.4. The van der Waals surface area contributed by atoms with Gasteiger partial charge in [0.15, 0.2) is 0 Å². The number of hydrogen-bond acceptors (Lipinski definition) is 3. The molecule has 3 nitrogen and oxygen atoms in total. The second-order valence-electron chi connectivity index (χ2n) is 18.4. The van der Waals surface area contributed by atoms with Crippen LogP contribution in [0.3, 0.4) is 0 Å². The van der Waals surface area contributed by atoms with Crippen molar-refractivity contribution in [2.45, 2.75) is 62.7 Å². The van der Waals surface area contributed by atoms with Gasteiger partial charge in [0.05, 0.1) is 11.4 Å². The number of anilines is 6. The summed E-state index contributed by atoms with van der Waals surface area (Å²) in [6.45, 7) is 0. The van der Waals surface area contributed by atoms with Crippen molar-refractivity contribution in [2.24, 2.45) is 23.7 Å². The third-order valence-corrected chi connectivity index (χ3v) is 15.6. The Hall–Kier alpha value is -6.06. The summed E-state index contributed by atoms with van der Waals surface area (Å²) in [6, 6.07) is 61.6. The molecule has 1 aromatic heterocycles. The molecule has 5 aliphatic rings. The van der Waals surface area contributed by atoms with Gasteiger partial charge in [0, 0.05) is 45.0 Å². The van der Waals surface area contributed by atoms with Crippen LogP contribution in [-0.4, -0.2) is 0 Å². The van der Waals surface area contributed by atoms with Crippen LogP contribution in [0, 0.1) is 23.7 Å². The van der Waals surface area contributed by atoms with Gasteiger partial charge in [0.25, 0.3) is 0 Å². The van der Waals surface area contributed by atoms with Gasteiger partial charge in [0.1, 0.15) is 11.2 Å². The van der Waals surface area contributed by atoms with E-state index in [1.165, 1.54) is 89.2 Å². The normalized spacial score (nSPS) is 24.6. The minimum atomic E-state index is -0.107. The van der Waals surface area contributed by atoms with E-state index in [1.807, 2.05) is 0 Å². The molecule has 59 heavy (non-hydrogen) atoms. The van der Waals surface area contributed by atoms with E-state index in [1.54, 1.807) is 5.56 Å². The smallest absolute Gasteiger partial charge is 0.137 e. The maximum Gasteiger partial charge on any atom is 0.137 e. The molecule has 5 aliphatic carbocycles. The third kappa shape index (κ3) is 4.94. The molecule has 3 saturated carbocycles. The molecular weight excluding hydrogens is 717 g/mol. The van der Waals surface area contributed by atoms with E-state index >= 15 is 0 Å². The summed E-state index contributed by atoms with van der Waals surface area (Å²) in [7, 11) is 0. The average Bonchev–Trinajstić information content (AvgIpc) is 4.15. The summed E-state index contributed by atoms with van der Waals surface area (Å²) < 4.78 is 6.53. The number of para-hydroxylation sites is 3. The van der Waals surface area contributed by atoms with Gasteiger partial charge in [-0.2, -0.15) is 0 Å². The highest BCUT2D eigenvalue weighted by molar-refractivity contribution is 6.06. The van der Waals surface area contributed by atoms with E-state index in [9.17, 15) is 0 Å². The van der Waals surface area contributed by atoms with Crippen molar-refractivity contribution in [3.05, 3.63) is 192 Å². The minimum absolute atomic E-state index is 0.107. The van der Waals surface area contributed by atoms with E-state index in [2.05, 4.69) is 174 Å². The Bertz CT molecular complexity index is 2890. The topological polar surface area (TPSA) is 19.6 Å². The summed E-state index contributed by atoms with van der Waals surface area (Å²) in [6.07, 6.45) is 10.4. The SMILES string of the molecule is c1ccc(N(c2ccc(C3CC4CCC3C4)cc2)c2cccc3c2C24c5c(cccc5N(c5ccccc5)c5ccc6c(c5)oc5ccccc56)CC2CCC4C3)cc1. The highest BCUT2D eigenvalue weighted by atomic mass is 16.3. The van der Waals surface area contributed by atoms with Gasteiger partial charge in [-0.3, -0.25) is 0 Å². The summed E-state index contributed by atoms with van der Waals surface area (Å²) in [5, 5.41) is 2.32. The van der Waals surface area contributed by atoms with Gasteiger partial charge in [-0.1, -0.05) is 97.4 Å². The molecule has 1 heterocycles. The van der Waals surface area contributed by atoms with E-state index in [0.717, 1.165) is 58.2 Å². The fourth-order valence-corrected chi connectivity index (χ4v) is 13.4. The maximum absolute atomic E-state index is 6.53. The number of benzene rings is 7. The first kappa shape index (κ1) is 33.9. The van der Waals surface area contributed by atoms with Gasteiger partial charge < -0.3 is 14.2 Å². The summed E-state index contributed by atoms with van der Waals surface area (Å²) in [4.78, 5) is 5.13. The first-order chi connectivity index (χ1) is 29.2. The van der Waals surface area contributed by atoms with Crippen LogP contribution in [0.4, 0.5) is 34.1 Å². The lowest BCUT2D eigenvalue weighted by molar-refractivity contribution is 0.350. The molecule has 13 rings (SSSR count). The van der Waals surface area contributed by atoms with Crippen molar-refractivity contribution >= 4 is 56.1 Å². The van der Waals surface area contributed by atoms with E-state index in [-0.39, 0.29) is 5.41 Å². The predicted molar refractivity (Wildman–Crippen MR) is 242 cm³/mol. The number of fused-ring (bicyclic) bond motifs is 7. The van der Waals surface area contributed by atoms with Crippen molar-refractivity contribution in [3.63, 3.8) is 0 Å². The van der Waals surface area contributed by atoms with Gasteiger partial charge in [-0.05, 0) is 169 Å². The van der Waals surface area contributed by atoms with Crippen LogP contribution in [-0.2, 0) is 18.3 Å². The van der Waals surface area contributed by atoms with E-state index in [0.29, 0.717) is 11.8 Å². The number of rotatable bonds is 7. The van der Waals surface area contributed by atoms with Crippen molar-refractivity contribution < 1.29 is 4.42 Å². The van der Waals surface area contributed by atoms with Crippen molar-refractivity contribution in [3.8, 4) is 0 Å². The van der Waals surface area contributed by atoms with E-state index < -0.39 is 0 Å². The fourth-order valence-electron chi connectivity index (χ4n) is 13.4. The second kappa shape index (κ2) is 13.0. The molecule has 1 spiro atoms. The Morgan fingerprint density at radius 1 is 0.458 bits per heavy atom. The first-order valence-electron chi connectivity index (χ1n) is 22.2. The molecule has 6 unspecified atom stereocenters.